The first-order chi connectivity index (χ1) is 10.1. The van der Waals surface area contributed by atoms with Crippen LogP contribution in [0.1, 0.15) is 24.8 Å². The highest BCUT2D eigenvalue weighted by molar-refractivity contribution is 6.04. The van der Waals surface area contributed by atoms with E-state index in [1.165, 1.54) is 6.07 Å². The maximum Gasteiger partial charge on any atom is 0.275 e. The molecule has 1 aromatic rings. The summed E-state index contributed by atoms with van der Waals surface area (Å²) in [6.45, 7) is 11.4. The Morgan fingerprint density at radius 1 is 1.19 bits per heavy atom. The smallest absolute Gasteiger partial charge is 0.258 e. The number of benzene rings is 1. The van der Waals surface area contributed by atoms with E-state index in [2.05, 4.69) is 24.7 Å². The van der Waals surface area contributed by atoms with E-state index in [0.717, 1.165) is 5.71 Å². The summed E-state index contributed by atoms with van der Waals surface area (Å²) in [5.41, 5.74) is 1.81. The third kappa shape index (κ3) is 2.33. The van der Waals surface area contributed by atoms with Crippen LogP contribution in [0.4, 0.5) is 11.4 Å². The highest BCUT2D eigenvalue weighted by Gasteiger charge is 2.45. The first kappa shape index (κ1) is 14.9. The lowest BCUT2D eigenvalue weighted by Gasteiger charge is -2.29. The maximum atomic E-state index is 11.4. The molecule has 0 amide bonds. The number of nitrogens with zero attached hydrogens (tertiary/aromatic N) is 2. The summed E-state index contributed by atoms with van der Waals surface area (Å²) in [5.74, 6) is 0. The van der Waals surface area contributed by atoms with Crippen molar-refractivity contribution in [3.8, 4) is 0 Å². The summed E-state index contributed by atoms with van der Waals surface area (Å²) in [5, 5.41) is 11.4. The monoisotopic (exact) mass is 282 g/mol. The van der Waals surface area contributed by atoms with Crippen LogP contribution in [-0.2, 0) is 5.41 Å². The van der Waals surface area contributed by atoms with Crippen molar-refractivity contribution in [3.63, 3.8) is 0 Å². The van der Waals surface area contributed by atoms with Gasteiger partial charge in [-0.15, -0.1) is 19.7 Å². The Labute approximate surface area is 124 Å². The van der Waals surface area contributed by atoms with Crippen LogP contribution in [0.3, 0.4) is 0 Å². The third-order valence-electron chi connectivity index (χ3n) is 3.83. The van der Waals surface area contributed by atoms with Crippen LogP contribution in [0, 0.1) is 10.1 Å². The van der Waals surface area contributed by atoms with E-state index in [1.54, 1.807) is 24.3 Å². The van der Waals surface area contributed by atoms with Crippen molar-refractivity contribution < 1.29 is 4.92 Å². The van der Waals surface area contributed by atoms with Crippen molar-refractivity contribution in [2.24, 2.45) is 4.99 Å². The largest absolute Gasteiger partial charge is 0.275 e. The Hall–Kier alpha value is -2.49. The van der Waals surface area contributed by atoms with Crippen LogP contribution in [0.25, 0.3) is 0 Å². The molecule has 1 aromatic carbocycles. The lowest BCUT2D eigenvalue weighted by molar-refractivity contribution is -0.385. The predicted octanol–water partition coefficient (Wildman–Crippen LogP) is 4.65. The minimum Gasteiger partial charge on any atom is -0.258 e. The van der Waals surface area contributed by atoms with Gasteiger partial charge in [-0.05, 0) is 18.9 Å². The zero-order chi connectivity index (χ0) is 15.5. The van der Waals surface area contributed by atoms with Gasteiger partial charge in [-0.25, -0.2) is 0 Å². The van der Waals surface area contributed by atoms with Crippen molar-refractivity contribution in [1.29, 1.82) is 0 Å². The van der Waals surface area contributed by atoms with Crippen LogP contribution in [0.15, 0.2) is 61.2 Å². The lowest BCUT2D eigenvalue weighted by atomic mass is 9.71. The van der Waals surface area contributed by atoms with Crippen LogP contribution in [0.5, 0.6) is 0 Å². The fourth-order valence-electron chi connectivity index (χ4n) is 3.05. The SMILES string of the molecule is C=CCC1=Nc2cccc([N+](=O)[O-])c2C1(CC=C)CC=C. The van der Waals surface area contributed by atoms with E-state index < -0.39 is 5.41 Å². The molecular weight excluding hydrogens is 264 g/mol. The van der Waals surface area contributed by atoms with E-state index in [-0.39, 0.29) is 10.6 Å². The second-order valence-corrected chi connectivity index (χ2v) is 5.05. The van der Waals surface area contributed by atoms with Gasteiger partial charge in [0.25, 0.3) is 5.69 Å². The summed E-state index contributed by atoms with van der Waals surface area (Å²) in [4.78, 5) is 15.7. The third-order valence-corrected chi connectivity index (χ3v) is 3.83. The van der Waals surface area contributed by atoms with E-state index in [4.69, 9.17) is 0 Å². The van der Waals surface area contributed by atoms with Crippen LogP contribution in [0.2, 0.25) is 0 Å². The molecule has 0 atom stereocenters. The molecule has 4 heteroatoms. The quantitative estimate of drug-likeness (QED) is 0.415. The van der Waals surface area contributed by atoms with Gasteiger partial charge in [-0.2, -0.15) is 0 Å². The van der Waals surface area contributed by atoms with E-state index >= 15 is 0 Å². The molecule has 2 rings (SSSR count). The second kappa shape index (κ2) is 5.87. The summed E-state index contributed by atoms with van der Waals surface area (Å²) in [6.07, 6.45) is 7.11. The second-order valence-electron chi connectivity index (χ2n) is 5.05. The van der Waals surface area contributed by atoms with Crippen molar-refractivity contribution in [1.82, 2.24) is 0 Å². The highest BCUT2D eigenvalue weighted by atomic mass is 16.6. The molecule has 0 saturated carbocycles. The lowest BCUT2D eigenvalue weighted by Crippen LogP contribution is -2.32. The van der Waals surface area contributed by atoms with Crippen molar-refractivity contribution in [2.45, 2.75) is 24.7 Å². The maximum absolute atomic E-state index is 11.4. The van der Waals surface area contributed by atoms with Crippen LogP contribution >= 0.6 is 0 Å². The number of allylic oxidation sites excluding steroid dienone is 3. The van der Waals surface area contributed by atoms with E-state index in [9.17, 15) is 10.1 Å². The average Bonchev–Trinajstić information content (AvgIpc) is 2.74. The van der Waals surface area contributed by atoms with Crippen LogP contribution < -0.4 is 0 Å². The first-order valence-electron chi connectivity index (χ1n) is 6.79. The predicted molar refractivity (Wildman–Crippen MR) is 86.3 cm³/mol. The van der Waals surface area contributed by atoms with Crippen molar-refractivity contribution >= 4 is 17.1 Å². The standard InChI is InChI=1S/C17H18N2O2/c1-4-8-15-17(11-5-2,12-6-3)16-13(18-15)9-7-10-14(16)19(20)21/h4-7,9-10H,1-3,8,11-12H2. The molecular formula is C17H18N2O2. The van der Waals surface area contributed by atoms with Gasteiger partial charge >= 0.3 is 0 Å². The van der Waals surface area contributed by atoms with Gasteiger partial charge in [0.2, 0.25) is 0 Å². The van der Waals surface area contributed by atoms with Gasteiger partial charge in [0, 0.05) is 23.6 Å². The zero-order valence-corrected chi connectivity index (χ0v) is 11.9. The number of hydrogen-bond acceptors (Lipinski definition) is 3. The first-order valence-corrected chi connectivity index (χ1v) is 6.79. The number of fused-ring (bicyclic) bond motifs is 1. The molecule has 21 heavy (non-hydrogen) atoms. The Bertz CT molecular complexity index is 634. The molecule has 0 saturated heterocycles. The molecule has 0 N–H and O–H groups in total. The number of nitro groups is 1. The van der Waals surface area contributed by atoms with Gasteiger partial charge in [0.15, 0.2) is 0 Å². The minimum atomic E-state index is -0.531. The molecule has 108 valence electrons. The molecule has 1 aliphatic rings. The number of aliphatic imine (C=N–C) groups is 1. The molecule has 0 fully saturated rings. The minimum absolute atomic E-state index is 0.110. The summed E-state index contributed by atoms with van der Waals surface area (Å²) in [7, 11) is 0. The Balaban J connectivity index is 2.74. The Kier molecular flexibility index (Phi) is 4.17. The van der Waals surface area contributed by atoms with Gasteiger partial charge in [0.1, 0.15) is 0 Å². The summed E-state index contributed by atoms with van der Waals surface area (Å²) >= 11 is 0. The van der Waals surface area contributed by atoms with Crippen LogP contribution in [-0.4, -0.2) is 10.6 Å². The van der Waals surface area contributed by atoms with Gasteiger partial charge in [0.05, 0.1) is 16.2 Å². The molecule has 0 bridgehead atoms. The summed E-state index contributed by atoms with van der Waals surface area (Å²) in [6, 6.07) is 5.02. The van der Waals surface area contributed by atoms with Crippen molar-refractivity contribution in [2.75, 3.05) is 0 Å². The molecule has 1 heterocycles. The van der Waals surface area contributed by atoms with E-state index in [1.807, 2.05) is 6.07 Å². The van der Waals surface area contributed by atoms with Gasteiger partial charge in [-0.3, -0.25) is 15.1 Å². The Morgan fingerprint density at radius 2 is 1.86 bits per heavy atom. The molecule has 0 unspecified atom stereocenters. The normalized spacial score (nSPS) is 15.0. The molecule has 0 radical (unpaired) electrons. The fraction of sp³-hybridized carbons (Fsp3) is 0.235. The molecule has 0 aromatic heterocycles. The number of nitro benzene ring substituents is 1. The Morgan fingerprint density at radius 3 is 2.38 bits per heavy atom. The number of hydrogen-bond donors (Lipinski definition) is 0. The molecule has 0 spiro atoms. The highest BCUT2D eigenvalue weighted by Crippen LogP contribution is 2.50. The number of rotatable bonds is 7. The van der Waals surface area contributed by atoms with Gasteiger partial charge in [-0.1, -0.05) is 24.3 Å². The van der Waals surface area contributed by atoms with E-state index in [0.29, 0.717) is 30.5 Å². The summed E-state index contributed by atoms with van der Waals surface area (Å²) < 4.78 is 0. The zero-order valence-electron chi connectivity index (χ0n) is 11.9. The molecule has 1 aliphatic heterocycles. The molecule has 0 aliphatic carbocycles. The van der Waals surface area contributed by atoms with Crippen molar-refractivity contribution in [3.05, 3.63) is 71.8 Å². The fourth-order valence-corrected chi connectivity index (χ4v) is 3.05. The average molecular weight is 282 g/mol. The van der Waals surface area contributed by atoms with Gasteiger partial charge < -0.3 is 0 Å². The topological polar surface area (TPSA) is 55.5 Å². The molecule has 4 nitrogen and oxygen atoms in total.